The van der Waals surface area contributed by atoms with Crippen molar-refractivity contribution >= 4 is 15.9 Å². The molecular weight excluding hydrogens is 269 g/mol. The Labute approximate surface area is 105 Å². The molecule has 1 rings (SSSR count). The zero-order valence-electron chi connectivity index (χ0n) is 9.48. The molecule has 0 saturated carbocycles. The minimum Gasteiger partial charge on any atom is -0.309 e. The summed E-state index contributed by atoms with van der Waals surface area (Å²) < 4.78 is 14.4. The lowest BCUT2D eigenvalue weighted by Gasteiger charge is -2.14. The van der Waals surface area contributed by atoms with Gasteiger partial charge in [0.05, 0.1) is 0 Å². The van der Waals surface area contributed by atoms with E-state index in [9.17, 15) is 4.39 Å². The van der Waals surface area contributed by atoms with Crippen molar-refractivity contribution in [2.24, 2.45) is 0 Å². The van der Waals surface area contributed by atoms with Gasteiger partial charge in [0.2, 0.25) is 0 Å². The SMILES string of the molecule is CC#CCCNC(C)c1cc(Br)ccc1F. The van der Waals surface area contributed by atoms with Crippen molar-refractivity contribution in [3.05, 3.63) is 34.1 Å². The van der Waals surface area contributed by atoms with Crippen LogP contribution in [0.5, 0.6) is 0 Å². The topological polar surface area (TPSA) is 12.0 Å². The molecule has 1 aromatic carbocycles. The molecule has 0 aromatic heterocycles. The van der Waals surface area contributed by atoms with Crippen LogP contribution in [-0.2, 0) is 0 Å². The van der Waals surface area contributed by atoms with Crippen LogP contribution in [0.3, 0.4) is 0 Å². The maximum absolute atomic E-state index is 13.5. The minimum atomic E-state index is -0.176. The van der Waals surface area contributed by atoms with Crippen LogP contribution >= 0.6 is 15.9 Å². The van der Waals surface area contributed by atoms with E-state index in [1.165, 1.54) is 6.07 Å². The van der Waals surface area contributed by atoms with E-state index in [1.807, 2.05) is 13.8 Å². The molecule has 1 nitrogen and oxygen atoms in total. The third kappa shape index (κ3) is 3.96. The summed E-state index contributed by atoms with van der Waals surface area (Å²) >= 11 is 3.34. The van der Waals surface area contributed by atoms with Gasteiger partial charge in [-0.1, -0.05) is 15.9 Å². The van der Waals surface area contributed by atoms with Gasteiger partial charge in [0.1, 0.15) is 5.82 Å². The second-order valence-electron chi connectivity index (χ2n) is 3.52. The average molecular weight is 284 g/mol. The van der Waals surface area contributed by atoms with Gasteiger partial charge in [0, 0.05) is 29.0 Å². The Kier molecular flexibility index (Phi) is 5.51. The summed E-state index contributed by atoms with van der Waals surface area (Å²) in [5.74, 6) is 5.62. The van der Waals surface area contributed by atoms with E-state index in [2.05, 4.69) is 33.1 Å². The van der Waals surface area contributed by atoms with Crippen LogP contribution in [0.1, 0.15) is 31.9 Å². The number of rotatable bonds is 4. The molecule has 1 aromatic rings. The number of nitrogens with one attached hydrogen (secondary N) is 1. The van der Waals surface area contributed by atoms with Gasteiger partial charge in [-0.15, -0.1) is 11.8 Å². The Morgan fingerprint density at radius 1 is 1.50 bits per heavy atom. The highest BCUT2D eigenvalue weighted by Crippen LogP contribution is 2.21. The number of hydrogen-bond acceptors (Lipinski definition) is 1. The zero-order valence-corrected chi connectivity index (χ0v) is 11.1. The molecule has 86 valence electrons. The van der Waals surface area contributed by atoms with E-state index in [0.29, 0.717) is 5.56 Å². The highest BCUT2D eigenvalue weighted by Gasteiger charge is 2.10. The van der Waals surface area contributed by atoms with E-state index < -0.39 is 0 Å². The summed E-state index contributed by atoms with van der Waals surface area (Å²) in [5, 5.41) is 3.24. The normalized spacial score (nSPS) is 11.8. The minimum absolute atomic E-state index is 0.00356. The molecule has 0 heterocycles. The first kappa shape index (κ1) is 13.2. The first-order valence-electron chi connectivity index (χ1n) is 5.23. The standard InChI is InChI=1S/C13H15BrFN/c1-3-4-5-8-16-10(2)12-9-11(14)6-7-13(12)15/h6-7,9-10,16H,5,8H2,1-2H3. The Bertz CT molecular complexity index is 406. The fourth-order valence-electron chi connectivity index (χ4n) is 1.43. The Balaban J connectivity index is 2.60. The largest absolute Gasteiger partial charge is 0.309 e. The molecule has 0 fully saturated rings. The third-order valence-electron chi connectivity index (χ3n) is 2.30. The van der Waals surface area contributed by atoms with Crippen molar-refractivity contribution in [1.29, 1.82) is 0 Å². The summed E-state index contributed by atoms with van der Waals surface area (Å²) in [5.41, 5.74) is 0.679. The molecule has 16 heavy (non-hydrogen) atoms. The van der Waals surface area contributed by atoms with Gasteiger partial charge in [0.25, 0.3) is 0 Å². The molecule has 1 unspecified atom stereocenters. The maximum atomic E-state index is 13.5. The average Bonchev–Trinajstić information content (AvgIpc) is 2.27. The monoisotopic (exact) mass is 283 g/mol. The van der Waals surface area contributed by atoms with Crippen LogP contribution in [-0.4, -0.2) is 6.54 Å². The van der Waals surface area contributed by atoms with Gasteiger partial charge in [0.15, 0.2) is 0 Å². The lowest BCUT2D eigenvalue weighted by atomic mass is 10.1. The predicted molar refractivity (Wildman–Crippen MR) is 68.6 cm³/mol. The van der Waals surface area contributed by atoms with E-state index in [0.717, 1.165) is 17.4 Å². The van der Waals surface area contributed by atoms with Crippen LogP contribution in [0.15, 0.2) is 22.7 Å². The van der Waals surface area contributed by atoms with Gasteiger partial charge in [-0.25, -0.2) is 4.39 Å². The lowest BCUT2D eigenvalue weighted by molar-refractivity contribution is 0.534. The van der Waals surface area contributed by atoms with Crippen LogP contribution in [0.25, 0.3) is 0 Å². The highest BCUT2D eigenvalue weighted by atomic mass is 79.9. The van der Waals surface area contributed by atoms with Gasteiger partial charge in [-0.05, 0) is 32.0 Å². The first-order valence-corrected chi connectivity index (χ1v) is 6.02. The Morgan fingerprint density at radius 3 is 2.94 bits per heavy atom. The van der Waals surface area contributed by atoms with Gasteiger partial charge in [-0.2, -0.15) is 0 Å². The van der Waals surface area contributed by atoms with Crippen molar-refractivity contribution < 1.29 is 4.39 Å². The summed E-state index contributed by atoms with van der Waals surface area (Å²) in [6.07, 6.45) is 0.788. The molecule has 0 aliphatic rings. The van der Waals surface area contributed by atoms with Crippen LogP contribution in [0, 0.1) is 17.7 Å². The van der Waals surface area contributed by atoms with Crippen molar-refractivity contribution in [3.63, 3.8) is 0 Å². The molecule has 0 aliphatic heterocycles. The molecule has 0 aliphatic carbocycles. The summed E-state index contributed by atoms with van der Waals surface area (Å²) in [4.78, 5) is 0. The summed E-state index contributed by atoms with van der Waals surface area (Å²) in [7, 11) is 0. The van der Waals surface area contributed by atoms with Crippen molar-refractivity contribution in [2.45, 2.75) is 26.3 Å². The van der Waals surface area contributed by atoms with E-state index >= 15 is 0 Å². The molecule has 3 heteroatoms. The van der Waals surface area contributed by atoms with E-state index in [-0.39, 0.29) is 11.9 Å². The molecule has 0 bridgehead atoms. The van der Waals surface area contributed by atoms with Gasteiger partial charge < -0.3 is 5.32 Å². The van der Waals surface area contributed by atoms with Gasteiger partial charge >= 0.3 is 0 Å². The number of hydrogen-bond donors (Lipinski definition) is 1. The molecule has 0 spiro atoms. The third-order valence-corrected chi connectivity index (χ3v) is 2.80. The second kappa shape index (κ2) is 6.67. The molecular formula is C13H15BrFN. The molecule has 0 radical (unpaired) electrons. The fourth-order valence-corrected chi connectivity index (χ4v) is 1.81. The van der Waals surface area contributed by atoms with E-state index in [1.54, 1.807) is 12.1 Å². The molecule has 0 saturated heterocycles. The van der Waals surface area contributed by atoms with Crippen molar-refractivity contribution in [1.82, 2.24) is 5.32 Å². The lowest BCUT2D eigenvalue weighted by Crippen LogP contribution is -2.20. The van der Waals surface area contributed by atoms with Gasteiger partial charge in [-0.3, -0.25) is 0 Å². The fraction of sp³-hybridized carbons (Fsp3) is 0.385. The second-order valence-corrected chi connectivity index (χ2v) is 4.43. The molecule has 1 atom stereocenters. The van der Waals surface area contributed by atoms with Crippen LogP contribution in [0.4, 0.5) is 4.39 Å². The first-order chi connectivity index (χ1) is 7.65. The highest BCUT2D eigenvalue weighted by molar-refractivity contribution is 9.10. The zero-order chi connectivity index (χ0) is 12.0. The smallest absolute Gasteiger partial charge is 0.128 e. The summed E-state index contributed by atoms with van der Waals surface area (Å²) in [6.45, 7) is 4.54. The summed E-state index contributed by atoms with van der Waals surface area (Å²) in [6, 6.07) is 4.98. The number of benzene rings is 1. The maximum Gasteiger partial charge on any atom is 0.128 e. The molecule has 0 amide bonds. The van der Waals surface area contributed by atoms with E-state index in [4.69, 9.17) is 0 Å². The number of halogens is 2. The molecule has 1 N–H and O–H groups in total. The van der Waals surface area contributed by atoms with Crippen LogP contribution < -0.4 is 5.32 Å². The van der Waals surface area contributed by atoms with Crippen molar-refractivity contribution in [2.75, 3.05) is 6.54 Å². The van der Waals surface area contributed by atoms with Crippen LogP contribution in [0.2, 0.25) is 0 Å². The Morgan fingerprint density at radius 2 is 2.25 bits per heavy atom. The quantitative estimate of drug-likeness (QED) is 0.657. The van der Waals surface area contributed by atoms with Crippen molar-refractivity contribution in [3.8, 4) is 11.8 Å². The Hall–Kier alpha value is -0.850. The predicted octanol–water partition coefficient (Wildman–Crippen LogP) is 3.65.